The van der Waals surface area contributed by atoms with Crippen LogP contribution < -0.4 is 9.47 Å². The lowest BCUT2D eigenvalue weighted by atomic mass is 9.98. The van der Waals surface area contributed by atoms with Gasteiger partial charge in [-0.1, -0.05) is 121 Å². The van der Waals surface area contributed by atoms with Crippen molar-refractivity contribution in [3.63, 3.8) is 0 Å². The Bertz CT molecular complexity index is 1920. The van der Waals surface area contributed by atoms with E-state index in [0.29, 0.717) is 60.7 Å². The van der Waals surface area contributed by atoms with Crippen molar-refractivity contribution in [2.75, 3.05) is 26.3 Å². The van der Waals surface area contributed by atoms with Gasteiger partial charge in [0.25, 0.3) is 11.8 Å². The number of amides is 2. The van der Waals surface area contributed by atoms with E-state index in [1.807, 2.05) is 58.3 Å². The quantitative estimate of drug-likeness (QED) is 0.133. The molecule has 51 heavy (non-hydrogen) atoms. The van der Waals surface area contributed by atoms with E-state index in [0.717, 1.165) is 51.3 Å². The van der Waals surface area contributed by atoms with Crippen LogP contribution in [-0.4, -0.2) is 47.9 Å². The first-order valence-corrected chi connectivity index (χ1v) is 18.4. The van der Waals surface area contributed by atoms with Crippen molar-refractivity contribution in [3.8, 4) is 33.8 Å². The number of fused-ring (bicyclic) bond motifs is 1. The molecule has 6 rings (SSSR count). The number of benzene rings is 4. The molecule has 0 saturated heterocycles. The maximum Gasteiger partial charge on any atom is 0.261 e. The lowest BCUT2D eigenvalue weighted by Crippen LogP contribution is -2.32. The Balaban J connectivity index is 1.35. The van der Waals surface area contributed by atoms with Crippen LogP contribution in [0, 0.1) is 17.8 Å². The Morgan fingerprint density at radius 1 is 0.471 bits per heavy atom. The highest BCUT2D eigenvalue weighted by Crippen LogP contribution is 2.47. The third-order valence-electron chi connectivity index (χ3n) is 9.04. The van der Waals surface area contributed by atoms with E-state index in [1.165, 1.54) is 0 Å². The molecule has 0 radical (unpaired) electrons. The summed E-state index contributed by atoms with van der Waals surface area (Å²) in [6, 6.07) is 32.7. The molecule has 2 heterocycles. The lowest BCUT2D eigenvalue weighted by molar-refractivity contribution is -0.124. The maximum absolute atomic E-state index is 14.4. The molecule has 0 unspecified atom stereocenters. The van der Waals surface area contributed by atoms with Crippen LogP contribution in [0.2, 0.25) is 0 Å². The smallest absolute Gasteiger partial charge is 0.261 e. The summed E-state index contributed by atoms with van der Waals surface area (Å²) in [5.41, 5.74) is 8.38. The van der Waals surface area contributed by atoms with Gasteiger partial charge < -0.3 is 19.3 Å². The van der Waals surface area contributed by atoms with Gasteiger partial charge in [0.05, 0.1) is 35.8 Å². The molecule has 0 atom stereocenters. The zero-order valence-corrected chi connectivity index (χ0v) is 31.0. The first-order chi connectivity index (χ1) is 24.5. The molecule has 0 bridgehead atoms. The summed E-state index contributed by atoms with van der Waals surface area (Å²) in [7, 11) is 0. The van der Waals surface area contributed by atoms with Crippen molar-refractivity contribution in [2.45, 2.75) is 54.9 Å². The van der Waals surface area contributed by atoms with E-state index >= 15 is 0 Å². The molecule has 6 nitrogen and oxygen atoms in total. The number of hydrogen-bond donors (Lipinski definition) is 0. The lowest BCUT2D eigenvalue weighted by Gasteiger charge is -2.26. The van der Waals surface area contributed by atoms with Crippen LogP contribution in [0.4, 0.5) is 0 Å². The van der Waals surface area contributed by atoms with E-state index in [2.05, 4.69) is 97.0 Å². The number of ether oxygens (including phenoxy) is 2. The number of carbonyl (C=O) groups is 2. The third-order valence-corrected chi connectivity index (χ3v) is 9.04. The van der Waals surface area contributed by atoms with Crippen LogP contribution in [0.25, 0.3) is 33.6 Å². The fourth-order valence-electron chi connectivity index (χ4n) is 6.63. The van der Waals surface area contributed by atoms with Crippen molar-refractivity contribution in [3.05, 3.63) is 119 Å². The molecule has 264 valence electrons. The van der Waals surface area contributed by atoms with E-state index < -0.39 is 0 Å². The summed E-state index contributed by atoms with van der Waals surface area (Å²) in [4.78, 5) is 32.4. The second-order valence-electron chi connectivity index (χ2n) is 14.8. The minimum absolute atomic E-state index is 0.112. The minimum atomic E-state index is -0.113. The first-order valence-electron chi connectivity index (χ1n) is 18.4. The van der Waals surface area contributed by atoms with Crippen LogP contribution >= 0.6 is 0 Å². The van der Waals surface area contributed by atoms with Gasteiger partial charge in [-0.3, -0.25) is 9.59 Å². The summed E-state index contributed by atoms with van der Waals surface area (Å²) in [6.45, 7) is 17.2. The fourth-order valence-corrected chi connectivity index (χ4v) is 6.63. The van der Waals surface area contributed by atoms with Crippen LogP contribution in [-0.2, 0) is 9.59 Å². The molecular weight excluding hydrogens is 633 g/mol. The predicted molar refractivity (Wildman–Crippen MR) is 207 cm³/mol. The molecule has 0 spiro atoms. The summed E-state index contributed by atoms with van der Waals surface area (Å²) in [5.74, 6) is 2.62. The van der Waals surface area contributed by atoms with Gasteiger partial charge in [-0.05, 0) is 81.8 Å². The van der Waals surface area contributed by atoms with Gasteiger partial charge in [-0.25, -0.2) is 0 Å². The van der Waals surface area contributed by atoms with Gasteiger partial charge in [0.2, 0.25) is 0 Å². The zero-order chi connectivity index (χ0) is 36.2. The standard InChI is InChI=1S/C45H50N2O4/c1-8-25-46-42(36-13-9-32(10-14-36)34-17-21-38(22-18-34)50-27-30(4)5)40-41(44(46)48)43(47(45(40)49)26-29(2)3)37-15-11-33(12-16-37)35-19-23-39(24-20-35)51-28-31(6)7/h9-24,29-31H,8,25-28H2,1-7H3. The van der Waals surface area contributed by atoms with Crippen molar-refractivity contribution < 1.29 is 19.1 Å². The molecule has 0 saturated carbocycles. The molecule has 4 aromatic rings. The van der Waals surface area contributed by atoms with Crippen molar-refractivity contribution in [1.29, 1.82) is 0 Å². The van der Waals surface area contributed by atoms with E-state index in [1.54, 1.807) is 0 Å². The average molecular weight is 683 g/mol. The monoisotopic (exact) mass is 682 g/mol. The topological polar surface area (TPSA) is 59.1 Å². The van der Waals surface area contributed by atoms with Gasteiger partial charge >= 0.3 is 0 Å². The van der Waals surface area contributed by atoms with Crippen LogP contribution in [0.3, 0.4) is 0 Å². The molecule has 6 heteroatoms. The molecule has 4 aromatic carbocycles. The van der Waals surface area contributed by atoms with Crippen LogP contribution in [0.5, 0.6) is 11.5 Å². The highest BCUT2D eigenvalue weighted by Gasteiger charge is 2.48. The SMILES string of the molecule is CCCN1C(=O)C2=C(c3ccc(-c4ccc(OCC(C)C)cc4)cc3)N(CC(C)C)C(=O)C2=C1c1ccc(-c2ccc(OCC(C)C)cc2)cc1. The number of carbonyl (C=O) groups excluding carboxylic acids is 2. The summed E-state index contributed by atoms with van der Waals surface area (Å²) >= 11 is 0. The number of rotatable bonds is 14. The molecule has 0 aromatic heterocycles. The summed E-state index contributed by atoms with van der Waals surface area (Å²) in [6.07, 6.45) is 0.772. The molecule has 0 aliphatic carbocycles. The molecule has 2 aliphatic heterocycles. The van der Waals surface area contributed by atoms with Crippen molar-refractivity contribution in [2.24, 2.45) is 17.8 Å². The second kappa shape index (κ2) is 15.4. The number of nitrogens with zero attached hydrogens (tertiary/aromatic N) is 2. The average Bonchev–Trinajstić information content (AvgIpc) is 3.56. The van der Waals surface area contributed by atoms with E-state index in [9.17, 15) is 9.59 Å². The first kappa shape index (κ1) is 35.7. The maximum atomic E-state index is 14.4. The normalized spacial score (nSPS) is 14.5. The van der Waals surface area contributed by atoms with Crippen molar-refractivity contribution in [1.82, 2.24) is 9.80 Å². The molecule has 0 N–H and O–H groups in total. The van der Waals surface area contributed by atoms with Gasteiger partial charge in [0.1, 0.15) is 11.5 Å². The zero-order valence-electron chi connectivity index (χ0n) is 31.0. The third kappa shape index (κ3) is 7.65. The van der Waals surface area contributed by atoms with Crippen LogP contribution in [0.15, 0.2) is 108 Å². The Kier molecular flexibility index (Phi) is 10.8. The number of hydrogen-bond acceptors (Lipinski definition) is 4. The molecule has 2 amide bonds. The highest BCUT2D eigenvalue weighted by molar-refractivity contribution is 6.30. The second-order valence-corrected chi connectivity index (χ2v) is 14.8. The van der Waals surface area contributed by atoms with Gasteiger partial charge in [0, 0.05) is 13.1 Å². The summed E-state index contributed by atoms with van der Waals surface area (Å²) in [5, 5.41) is 0. The highest BCUT2D eigenvalue weighted by atomic mass is 16.5. The van der Waals surface area contributed by atoms with Gasteiger partial charge in [-0.2, -0.15) is 0 Å². The van der Waals surface area contributed by atoms with Crippen LogP contribution in [0.1, 0.15) is 66.0 Å². The summed E-state index contributed by atoms with van der Waals surface area (Å²) < 4.78 is 11.7. The largest absolute Gasteiger partial charge is 0.493 e. The Hall–Kier alpha value is -5.10. The van der Waals surface area contributed by atoms with E-state index in [-0.39, 0.29) is 17.7 Å². The molecule has 0 fully saturated rings. The Labute approximate surface area is 303 Å². The Morgan fingerprint density at radius 3 is 1.16 bits per heavy atom. The Morgan fingerprint density at radius 2 is 0.804 bits per heavy atom. The minimum Gasteiger partial charge on any atom is -0.493 e. The van der Waals surface area contributed by atoms with Gasteiger partial charge in [-0.15, -0.1) is 0 Å². The predicted octanol–water partition coefficient (Wildman–Crippen LogP) is 9.96. The fraction of sp³-hybridized carbons (Fsp3) is 0.333. The molecular formula is C45H50N2O4. The van der Waals surface area contributed by atoms with Crippen molar-refractivity contribution >= 4 is 23.2 Å². The molecule has 2 aliphatic rings. The van der Waals surface area contributed by atoms with Gasteiger partial charge in [0.15, 0.2) is 0 Å². The van der Waals surface area contributed by atoms with E-state index in [4.69, 9.17) is 9.47 Å².